The fourth-order valence-corrected chi connectivity index (χ4v) is 5.61. The second-order valence-electron chi connectivity index (χ2n) is 12.0. The number of rotatable bonds is 13. The largest absolute Gasteiger partial charge is 0.377 e. The topological polar surface area (TPSA) is 111 Å². The van der Waals surface area contributed by atoms with E-state index in [9.17, 15) is 9.59 Å². The predicted octanol–water partition coefficient (Wildman–Crippen LogP) is 5.77. The summed E-state index contributed by atoms with van der Waals surface area (Å²) in [7, 11) is 1.88. The lowest BCUT2D eigenvalue weighted by atomic mass is 10.1. The van der Waals surface area contributed by atoms with Crippen molar-refractivity contribution < 1.29 is 4.74 Å². The third kappa shape index (κ3) is 9.70. The third-order valence-electron chi connectivity index (χ3n) is 8.13. The zero-order valence-corrected chi connectivity index (χ0v) is 29.8. The van der Waals surface area contributed by atoms with Crippen LogP contribution in [0.15, 0.2) is 89.0 Å². The summed E-state index contributed by atoms with van der Waals surface area (Å²) in [5, 5.41) is 0. The van der Waals surface area contributed by atoms with Crippen molar-refractivity contribution in [2.24, 2.45) is 0 Å². The zero-order chi connectivity index (χ0) is 35.3. The molecule has 0 aliphatic carbocycles. The van der Waals surface area contributed by atoms with Crippen molar-refractivity contribution in [2.75, 3.05) is 43.1 Å². The van der Waals surface area contributed by atoms with Gasteiger partial charge in [0.05, 0.1) is 18.0 Å². The number of aromatic nitrogens is 6. The second kappa shape index (κ2) is 17.8. The second-order valence-corrected chi connectivity index (χ2v) is 12.0. The van der Waals surface area contributed by atoms with Gasteiger partial charge in [0.15, 0.2) is 0 Å². The monoisotopic (exact) mass is 664 g/mol. The number of hydrogen-bond donors (Lipinski definition) is 0. The van der Waals surface area contributed by atoms with Crippen LogP contribution in [0.1, 0.15) is 54.5 Å². The van der Waals surface area contributed by atoms with Gasteiger partial charge in [0.1, 0.15) is 12.7 Å². The smallest absolute Gasteiger partial charge is 0.356 e. The maximum atomic E-state index is 12.5. The maximum Gasteiger partial charge on any atom is 0.356 e. The predicted molar refractivity (Wildman–Crippen MR) is 196 cm³/mol. The summed E-state index contributed by atoms with van der Waals surface area (Å²) in [6, 6.07) is 22.0. The number of hydrogen-bond acceptors (Lipinski definition) is 9. The Kier molecular flexibility index (Phi) is 13.4. The number of para-hydroxylation sites is 2. The lowest BCUT2D eigenvalue weighted by Gasteiger charge is -2.20. The Bertz CT molecular complexity index is 1880. The van der Waals surface area contributed by atoms with Crippen molar-refractivity contribution in [1.82, 2.24) is 29.1 Å². The first kappa shape index (κ1) is 36.7. The highest BCUT2D eigenvalue weighted by Crippen LogP contribution is 2.18. The number of benzene rings is 3. The van der Waals surface area contributed by atoms with E-state index in [0.717, 1.165) is 65.1 Å². The molecule has 0 saturated carbocycles. The summed E-state index contributed by atoms with van der Waals surface area (Å²) in [5.41, 5.74) is 6.37. The van der Waals surface area contributed by atoms with Crippen molar-refractivity contribution >= 4 is 11.9 Å². The summed E-state index contributed by atoms with van der Waals surface area (Å²) in [4.78, 5) is 45.8. The Hall–Kier alpha value is -5.16. The van der Waals surface area contributed by atoms with Gasteiger partial charge in [0.25, 0.3) is 0 Å². The molecule has 0 aliphatic heterocycles. The van der Waals surface area contributed by atoms with Gasteiger partial charge in [-0.1, -0.05) is 73.7 Å². The van der Waals surface area contributed by atoms with Gasteiger partial charge in [0, 0.05) is 33.3 Å². The molecule has 49 heavy (non-hydrogen) atoms. The average Bonchev–Trinajstić information content (AvgIpc) is 3.09. The molecule has 3 aromatic carbocycles. The molecular weight excluding hydrogens is 616 g/mol. The summed E-state index contributed by atoms with van der Waals surface area (Å²) in [5.74, 6) is 0.933. The van der Waals surface area contributed by atoms with E-state index in [1.165, 1.54) is 9.13 Å². The van der Waals surface area contributed by atoms with Gasteiger partial charge in [-0.25, -0.2) is 19.6 Å². The first-order valence-corrected chi connectivity index (χ1v) is 16.8. The van der Waals surface area contributed by atoms with Crippen LogP contribution in [0.4, 0.5) is 11.9 Å². The zero-order valence-electron chi connectivity index (χ0n) is 29.8. The molecule has 0 radical (unpaired) electrons. The fourth-order valence-electron chi connectivity index (χ4n) is 5.61. The average molecular weight is 665 g/mol. The molecule has 5 rings (SSSR count). The highest BCUT2D eigenvalue weighted by molar-refractivity contribution is 5.48. The van der Waals surface area contributed by atoms with Gasteiger partial charge in [-0.2, -0.15) is 9.97 Å². The highest BCUT2D eigenvalue weighted by Gasteiger charge is 2.13. The van der Waals surface area contributed by atoms with Crippen molar-refractivity contribution in [1.29, 1.82) is 0 Å². The van der Waals surface area contributed by atoms with E-state index in [4.69, 9.17) is 4.74 Å². The molecule has 0 spiro atoms. The van der Waals surface area contributed by atoms with Crippen molar-refractivity contribution in [3.05, 3.63) is 128 Å². The van der Waals surface area contributed by atoms with Gasteiger partial charge >= 0.3 is 11.4 Å². The summed E-state index contributed by atoms with van der Waals surface area (Å²) in [6.45, 7) is 15.7. The molecule has 0 fully saturated rings. The quantitative estimate of drug-likeness (QED) is 0.145. The Morgan fingerprint density at radius 3 is 1.67 bits per heavy atom. The van der Waals surface area contributed by atoms with Gasteiger partial charge in [-0.15, -0.1) is 0 Å². The fraction of sp³-hybridized carbons (Fsp3) is 0.368. The van der Waals surface area contributed by atoms with Crippen LogP contribution in [0, 0.1) is 27.7 Å². The Labute approximate surface area is 288 Å². The highest BCUT2D eigenvalue weighted by atomic mass is 16.5. The summed E-state index contributed by atoms with van der Waals surface area (Å²) < 4.78 is 8.73. The van der Waals surface area contributed by atoms with Crippen molar-refractivity contribution in [3.8, 4) is 11.4 Å². The molecule has 0 unspecified atom stereocenters. The molecule has 2 aromatic heterocycles. The van der Waals surface area contributed by atoms with Crippen LogP contribution in [-0.4, -0.2) is 62.4 Å². The SMILES string of the molecule is CCCN(CC)c1ncn(-c2c(C)cccc2C)c(=O)n1.Cc1cccc(C)c1-n1cnc(N(C)CCCOCc2ccccc2)nc1=O. The first-order valence-electron chi connectivity index (χ1n) is 16.8. The van der Waals surface area contributed by atoms with Crippen LogP contribution in [0.5, 0.6) is 0 Å². The van der Waals surface area contributed by atoms with Gasteiger partial charge < -0.3 is 14.5 Å². The number of ether oxygens (including phenoxy) is 1. The molecule has 258 valence electrons. The molecule has 0 bridgehead atoms. The van der Waals surface area contributed by atoms with Crippen LogP contribution >= 0.6 is 0 Å². The molecule has 5 aromatic rings. The molecule has 0 N–H and O–H groups in total. The van der Waals surface area contributed by atoms with Crippen LogP contribution in [0.2, 0.25) is 0 Å². The molecule has 11 heteroatoms. The maximum absolute atomic E-state index is 12.5. The van der Waals surface area contributed by atoms with E-state index in [0.29, 0.717) is 31.7 Å². The summed E-state index contributed by atoms with van der Waals surface area (Å²) >= 11 is 0. The van der Waals surface area contributed by atoms with Crippen LogP contribution < -0.4 is 21.2 Å². The Morgan fingerprint density at radius 1 is 0.673 bits per heavy atom. The third-order valence-corrected chi connectivity index (χ3v) is 8.13. The minimum absolute atomic E-state index is 0.285. The van der Waals surface area contributed by atoms with E-state index in [-0.39, 0.29) is 11.4 Å². The molecule has 0 atom stereocenters. The number of aryl methyl sites for hydroxylation is 4. The minimum Gasteiger partial charge on any atom is -0.377 e. The van der Waals surface area contributed by atoms with E-state index >= 15 is 0 Å². The van der Waals surface area contributed by atoms with Gasteiger partial charge in [-0.3, -0.25) is 9.13 Å². The number of anilines is 2. The standard InChI is InChI=1S/C22H26N4O2.C16H22N4O/c1-17-9-7-10-18(2)20(17)26-16-23-21(24-22(26)27)25(3)13-8-14-28-15-19-11-5-4-6-12-19;1-5-10-19(6-2)15-17-11-20(16(21)18-15)14-12(3)8-7-9-13(14)4/h4-7,9-12,16H,8,13-15H2,1-3H3;7-9,11H,5-6,10H2,1-4H3. The molecule has 11 nitrogen and oxygen atoms in total. The normalized spacial score (nSPS) is 10.8. The summed E-state index contributed by atoms with van der Waals surface area (Å²) in [6.07, 6.45) is 4.96. The lowest BCUT2D eigenvalue weighted by molar-refractivity contribution is 0.119. The Balaban J connectivity index is 0.000000230. The van der Waals surface area contributed by atoms with Gasteiger partial charge in [0.2, 0.25) is 11.9 Å². The van der Waals surface area contributed by atoms with Gasteiger partial charge in [-0.05, 0) is 75.3 Å². The first-order chi connectivity index (χ1) is 23.6. The van der Waals surface area contributed by atoms with E-state index in [2.05, 4.69) is 26.9 Å². The van der Waals surface area contributed by atoms with E-state index in [1.807, 2.05) is 118 Å². The van der Waals surface area contributed by atoms with Crippen molar-refractivity contribution in [3.63, 3.8) is 0 Å². The molecular formula is C38H48N8O3. The van der Waals surface area contributed by atoms with E-state index in [1.54, 1.807) is 12.7 Å². The van der Waals surface area contributed by atoms with Crippen LogP contribution in [0.3, 0.4) is 0 Å². The minimum atomic E-state index is -0.324. The molecule has 0 amide bonds. The molecule has 0 saturated heterocycles. The Morgan fingerprint density at radius 2 is 1.18 bits per heavy atom. The van der Waals surface area contributed by atoms with Crippen LogP contribution in [-0.2, 0) is 11.3 Å². The number of nitrogens with zero attached hydrogens (tertiary/aromatic N) is 8. The molecule has 0 aliphatic rings. The van der Waals surface area contributed by atoms with Crippen LogP contribution in [0.25, 0.3) is 11.4 Å². The van der Waals surface area contributed by atoms with E-state index < -0.39 is 0 Å². The lowest BCUT2D eigenvalue weighted by Crippen LogP contribution is -2.31. The molecule has 2 heterocycles. The van der Waals surface area contributed by atoms with Crippen molar-refractivity contribution in [2.45, 2.75) is 61.0 Å².